The zero-order valence-corrected chi connectivity index (χ0v) is 14.2. The summed E-state index contributed by atoms with van der Waals surface area (Å²) in [6.45, 7) is 0.169. The van der Waals surface area contributed by atoms with Crippen LogP contribution in [0, 0.1) is 0 Å². The first-order chi connectivity index (χ1) is 12.4. The van der Waals surface area contributed by atoms with Crippen LogP contribution in [-0.4, -0.2) is 15.9 Å². The second-order valence-electron chi connectivity index (χ2n) is 6.49. The molecular formula is C19H20F3N3O. The SMILES string of the molecule is O=C(Cc1ccccn1)NCc1ccc(C(F)(F)F)nc1C1CCCC1. The number of aromatic nitrogens is 2. The van der Waals surface area contributed by atoms with Crippen LogP contribution >= 0.6 is 0 Å². The van der Waals surface area contributed by atoms with Crippen LogP contribution in [0.4, 0.5) is 13.2 Å². The van der Waals surface area contributed by atoms with Crippen molar-refractivity contribution in [2.75, 3.05) is 0 Å². The van der Waals surface area contributed by atoms with Gasteiger partial charge in [-0.15, -0.1) is 0 Å². The van der Waals surface area contributed by atoms with Gasteiger partial charge in [-0.3, -0.25) is 9.78 Å². The molecule has 1 aliphatic carbocycles. The number of carbonyl (C=O) groups excluding carboxylic acids is 1. The van der Waals surface area contributed by atoms with Gasteiger partial charge in [0.2, 0.25) is 5.91 Å². The number of pyridine rings is 2. The molecule has 138 valence electrons. The Bertz CT molecular complexity index is 756. The fourth-order valence-electron chi connectivity index (χ4n) is 3.29. The molecule has 1 amide bonds. The zero-order chi connectivity index (χ0) is 18.6. The Morgan fingerprint density at radius 3 is 2.58 bits per heavy atom. The van der Waals surface area contributed by atoms with E-state index in [0.717, 1.165) is 31.7 Å². The monoisotopic (exact) mass is 363 g/mol. The first kappa shape index (κ1) is 18.4. The number of nitrogens with zero attached hydrogens (tertiary/aromatic N) is 2. The van der Waals surface area contributed by atoms with E-state index in [1.807, 2.05) is 0 Å². The van der Waals surface area contributed by atoms with Gasteiger partial charge in [-0.2, -0.15) is 13.2 Å². The largest absolute Gasteiger partial charge is 0.433 e. The van der Waals surface area contributed by atoms with Gasteiger partial charge in [0, 0.05) is 30.0 Å². The molecule has 0 saturated heterocycles. The van der Waals surface area contributed by atoms with E-state index < -0.39 is 11.9 Å². The van der Waals surface area contributed by atoms with E-state index in [1.54, 1.807) is 24.4 Å². The highest BCUT2D eigenvalue weighted by molar-refractivity contribution is 5.78. The molecule has 4 nitrogen and oxygen atoms in total. The predicted molar refractivity (Wildman–Crippen MR) is 90.2 cm³/mol. The molecule has 26 heavy (non-hydrogen) atoms. The van der Waals surface area contributed by atoms with Gasteiger partial charge in [-0.1, -0.05) is 25.0 Å². The molecule has 2 aromatic heterocycles. The van der Waals surface area contributed by atoms with Gasteiger partial charge in [0.1, 0.15) is 5.69 Å². The van der Waals surface area contributed by atoms with Gasteiger partial charge in [-0.25, -0.2) is 4.98 Å². The Morgan fingerprint density at radius 2 is 1.92 bits per heavy atom. The number of alkyl halides is 3. The van der Waals surface area contributed by atoms with Crippen LogP contribution < -0.4 is 5.32 Å². The predicted octanol–water partition coefficient (Wildman–Crippen LogP) is 4.01. The highest BCUT2D eigenvalue weighted by Crippen LogP contribution is 2.37. The summed E-state index contributed by atoms with van der Waals surface area (Å²) in [4.78, 5) is 20.1. The van der Waals surface area contributed by atoms with Crippen LogP contribution in [0.2, 0.25) is 0 Å². The fraction of sp³-hybridized carbons (Fsp3) is 0.421. The van der Waals surface area contributed by atoms with E-state index in [-0.39, 0.29) is 24.8 Å². The second-order valence-corrected chi connectivity index (χ2v) is 6.49. The van der Waals surface area contributed by atoms with E-state index in [2.05, 4.69) is 15.3 Å². The highest BCUT2D eigenvalue weighted by Gasteiger charge is 2.34. The van der Waals surface area contributed by atoms with Crippen LogP contribution in [0.15, 0.2) is 36.5 Å². The van der Waals surface area contributed by atoms with Gasteiger partial charge >= 0.3 is 6.18 Å². The molecule has 1 aliphatic rings. The summed E-state index contributed by atoms with van der Waals surface area (Å²) in [6, 6.07) is 7.74. The standard InChI is InChI=1S/C19H20F3N3O/c20-19(21,22)16-9-8-14(18(25-16)13-5-1-2-6-13)12-24-17(26)11-15-7-3-4-10-23-15/h3-4,7-10,13H,1-2,5-6,11-12H2,(H,24,26). The maximum absolute atomic E-state index is 13.0. The van der Waals surface area contributed by atoms with E-state index >= 15 is 0 Å². The van der Waals surface area contributed by atoms with E-state index in [9.17, 15) is 18.0 Å². The highest BCUT2D eigenvalue weighted by atomic mass is 19.4. The smallest absolute Gasteiger partial charge is 0.352 e. The molecule has 3 rings (SSSR count). The third-order valence-electron chi connectivity index (χ3n) is 4.59. The Morgan fingerprint density at radius 1 is 1.15 bits per heavy atom. The van der Waals surface area contributed by atoms with Crippen molar-refractivity contribution in [2.24, 2.45) is 0 Å². The lowest BCUT2D eigenvalue weighted by Crippen LogP contribution is -2.26. The topological polar surface area (TPSA) is 54.9 Å². The summed E-state index contributed by atoms with van der Waals surface area (Å²) in [5, 5.41) is 2.77. The molecule has 0 atom stereocenters. The number of hydrogen-bond acceptors (Lipinski definition) is 3. The molecule has 0 bridgehead atoms. The number of carbonyl (C=O) groups is 1. The minimum atomic E-state index is -4.46. The minimum Gasteiger partial charge on any atom is -0.352 e. The first-order valence-electron chi connectivity index (χ1n) is 8.67. The summed E-state index contributed by atoms with van der Waals surface area (Å²) in [7, 11) is 0. The van der Waals surface area contributed by atoms with Crippen molar-refractivity contribution in [3.05, 3.63) is 59.2 Å². The average Bonchev–Trinajstić information content (AvgIpc) is 3.14. The summed E-state index contributed by atoms with van der Waals surface area (Å²) in [5.41, 5.74) is 0.893. The third kappa shape index (κ3) is 4.59. The van der Waals surface area contributed by atoms with E-state index in [1.165, 1.54) is 6.07 Å². The minimum absolute atomic E-state index is 0.0278. The van der Waals surface area contributed by atoms with Gasteiger partial charge in [0.25, 0.3) is 0 Å². The molecule has 7 heteroatoms. The normalized spacial score (nSPS) is 15.2. The summed E-state index contributed by atoms with van der Waals surface area (Å²) in [6.07, 6.45) is 0.941. The molecule has 0 unspecified atom stereocenters. The molecular weight excluding hydrogens is 343 g/mol. The summed E-state index contributed by atoms with van der Waals surface area (Å²) >= 11 is 0. The fourth-order valence-corrected chi connectivity index (χ4v) is 3.29. The zero-order valence-electron chi connectivity index (χ0n) is 14.2. The Labute approximate surface area is 149 Å². The maximum atomic E-state index is 13.0. The van der Waals surface area contributed by atoms with Crippen molar-refractivity contribution in [3.8, 4) is 0 Å². The van der Waals surface area contributed by atoms with Crippen LogP contribution in [0.25, 0.3) is 0 Å². The quantitative estimate of drug-likeness (QED) is 0.873. The lowest BCUT2D eigenvalue weighted by Gasteiger charge is -2.17. The van der Waals surface area contributed by atoms with Gasteiger partial charge in [-0.05, 0) is 36.6 Å². The van der Waals surface area contributed by atoms with Crippen LogP contribution in [-0.2, 0) is 23.9 Å². The van der Waals surface area contributed by atoms with Crippen LogP contribution in [0.3, 0.4) is 0 Å². The summed E-state index contributed by atoms with van der Waals surface area (Å²) < 4.78 is 39.0. The van der Waals surface area contributed by atoms with Crippen molar-refractivity contribution < 1.29 is 18.0 Å². The summed E-state index contributed by atoms with van der Waals surface area (Å²) in [5.74, 6) is -0.194. The lowest BCUT2D eigenvalue weighted by atomic mass is 9.98. The average molecular weight is 363 g/mol. The van der Waals surface area contributed by atoms with Gasteiger partial charge < -0.3 is 5.32 Å². The van der Waals surface area contributed by atoms with Crippen molar-refractivity contribution >= 4 is 5.91 Å². The second kappa shape index (κ2) is 7.85. The first-order valence-corrected chi connectivity index (χ1v) is 8.67. The Hall–Kier alpha value is -2.44. The molecule has 0 radical (unpaired) electrons. The van der Waals surface area contributed by atoms with Crippen LogP contribution in [0.1, 0.15) is 54.2 Å². The molecule has 1 N–H and O–H groups in total. The van der Waals surface area contributed by atoms with E-state index in [0.29, 0.717) is 17.0 Å². The molecule has 1 fully saturated rings. The number of rotatable bonds is 5. The Balaban J connectivity index is 1.73. The maximum Gasteiger partial charge on any atom is 0.433 e. The van der Waals surface area contributed by atoms with Crippen molar-refractivity contribution in [3.63, 3.8) is 0 Å². The Kier molecular flexibility index (Phi) is 5.54. The van der Waals surface area contributed by atoms with Gasteiger partial charge in [0.15, 0.2) is 0 Å². The molecule has 0 aliphatic heterocycles. The van der Waals surface area contributed by atoms with Crippen LogP contribution in [0.5, 0.6) is 0 Å². The molecule has 2 heterocycles. The van der Waals surface area contributed by atoms with Gasteiger partial charge in [0.05, 0.1) is 6.42 Å². The van der Waals surface area contributed by atoms with Crippen molar-refractivity contribution in [2.45, 2.75) is 50.7 Å². The number of halogens is 3. The molecule has 1 saturated carbocycles. The number of nitrogens with one attached hydrogen (secondary N) is 1. The third-order valence-corrected chi connectivity index (χ3v) is 4.59. The molecule has 0 aromatic carbocycles. The van der Waals surface area contributed by atoms with Crippen molar-refractivity contribution in [1.29, 1.82) is 0 Å². The van der Waals surface area contributed by atoms with E-state index in [4.69, 9.17) is 0 Å². The number of amides is 1. The lowest BCUT2D eigenvalue weighted by molar-refractivity contribution is -0.141. The molecule has 0 spiro atoms. The number of hydrogen-bond donors (Lipinski definition) is 1. The van der Waals surface area contributed by atoms with Crippen molar-refractivity contribution in [1.82, 2.24) is 15.3 Å². The molecule has 2 aromatic rings.